The number of rotatable bonds is 4. The second kappa shape index (κ2) is 4.93. The number of alkyl halides is 2. The van der Waals surface area contributed by atoms with Gasteiger partial charge in [0.15, 0.2) is 0 Å². The molecule has 0 aliphatic carbocycles. The average molecular weight is 225 g/mol. The van der Waals surface area contributed by atoms with Gasteiger partial charge >= 0.3 is 0 Å². The lowest BCUT2D eigenvalue weighted by molar-refractivity contribution is -0.00134. The predicted molar refractivity (Wildman–Crippen MR) is 56.5 cm³/mol. The predicted octanol–water partition coefficient (Wildman–Crippen LogP) is 3.26. The second-order valence-corrected chi connectivity index (χ2v) is 3.43. The van der Waals surface area contributed by atoms with Crippen LogP contribution in [-0.2, 0) is 12.3 Å². The minimum absolute atomic E-state index is 0.123. The van der Waals surface area contributed by atoms with Crippen LogP contribution in [0, 0.1) is 11.3 Å². The number of methoxy groups -OCH3 is 1. The zero-order valence-electron chi connectivity index (χ0n) is 9.26. The quantitative estimate of drug-likeness (QED) is 0.787. The zero-order valence-corrected chi connectivity index (χ0v) is 9.26. The Kier molecular flexibility index (Phi) is 3.83. The molecule has 0 spiro atoms. The summed E-state index contributed by atoms with van der Waals surface area (Å²) in [5.74, 6) is -3.04. The van der Waals surface area contributed by atoms with Crippen molar-refractivity contribution in [2.24, 2.45) is 0 Å². The van der Waals surface area contributed by atoms with Gasteiger partial charge in [0.05, 0.1) is 18.7 Å². The van der Waals surface area contributed by atoms with E-state index in [4.69, 9.17) is 10.00 Å². The molecular weight excluding hydrogens is 212 g/mol. The normalized spacial score (nSPS) is 10.9. The first-order chi connectivity index (χ1) is 7.55. The molecular formula is C12H13F2NO. The fraction of sp³-hybridized carbons (Fsp3) is 0.417. The topological polar surface area (TPSA) is 33.0 Å². The van der Waals surface area contributed by atoms with Gasteiger partial charge in [-0.05, 0) is 24.1 Å². The van der Waals surface area contributed by atoms with Crippen molar-refractivity contribution in [1.82, 2.24) is 0 Å². The Balaban J connectivity index is 3.23. The molecule has 0 bridgehead atoms. The van der Waals surface area contributed by atoms with Crippen molar-refractivity contribution in [3.05, 3.63) is 29.3 Å². The molecule has 4 heteroatoms. The largest absolute Gasteiger partial charge is 0.496 e. The van der Waals surface area contributed by atoms with Crippen LogP contribution in [0.15, 0.2) is 18.2 Å². The number of hydrogen-bond donors (Lipinski definition) is 0. The van der Waals surface area contributed by atoms with E-state index in [1.54, 1.807) is 6.07 Å². The van der Waals surface area contributed by atoms with Crippen molar-refractivity contribution in [2.45, 2.75) is 25.7 Å². The van der Waals surface area contributed by atoms with E-state index >= 15 is 0 Å². The van der Waals surface area contributed by atoms with E-state index in [0.29, 0.717) is 6.42 Å². The molecule has 1 aromatic carbocycles. The highest BCUT2D eigenvalue weighted by atomic mass is 19.3. The number of aryl methyl sites for hydroxylation is 1. The molecule has 0 aromatic heterocycles. The van der Waals surface area contributed by atoms with E-state index in [9.17, 15) is 8.78 Å². The summed E-state index contributed by atoms with van der Waals surface area (Å²) in [6.07, 6.45) is -0.170. The van der Waals surface area contributed by atoms with E-state index in [2.05, 4.69) is 0 Å². The third-order valence-electron chi connectivity index (χ3n) is 2.37. The molecule has 0 aliphatic rings. The van der Waals surface area contributed by atoms with Gasteiger partial charge in [0.25, 0.3) is 5.92 Å². The molecule has 0 unspecified atom stereocenters. The van der Waals surface area contributed by atoms with Gasteiger partial charge in [-0.2, -0.15) is 5.26 Å². The highest BCUT2D eigenvalue weighted by Crippen LogP contribution is 2.38. The van der Waals surface area contributed by atoms with Gasteiger partial charge in [0.2, 0.25) is 0 Å². The zero-order chi connectivity index (χ0) is 12.2. The lowest BCUT2D eigenvalue weighted by Gasteiger charge is -2.17. The molecule has 1 rings (SSSR count). The summed E-state index contributed by atoms with van der Waals surface area (Å²) < 4.78 is 32.1. The van der Waals surface area contributed by atoms with Gasteiger partial charge in [-0.25, -0.2) is 8.78 Å². The van der Waals surface area contributed by atoms with Gasteiger partial charge in [0, 0.05) is 0 Å². The Morgan fingerprint density at radius 1 is 1.44 bits per heavy atom. The Hall–Kier alpha value is -1.63. The summed E-state index contributed by atoms with van der Waals surface area (Å²) in [5.41, 5.74) is 0.587. The lowest BCUT2D eigenvalue weighted by Crippen LogP contribution is -2.14. The summed E-state index contributed by atoms with van der Waals surface area (Å²) in [4.78, 5) is 0. The van der Waals surface area contributed by atoms with Crippen LogP contribution in [0.5, 0.6) is 5.75 Å². The van der Waals surface area contributed by atoms with Crippen molar-refractivity contribution < 1.29 is 13.5 Å². The number of nitrogens with zero attached hydrogens (tertiary/aromatic N) is 1. The van der Waals surface area contributed by atoms with Gasteiger partial charge in [-0.15, -0.1) is 0 Å². The lowest BCUT2D eigenvalue weighted by atomic mass is 10.0. The third kappa shape index (κ3) is 2.48. The minimum Gasteiger partial charge on any atom is -0.496 e. The first-order valence-electron chi connectivity index (χ1n) is 4.97. The van der Waals surface area contributed by atoms with Crippen molar-refractivity contribution in [2.75, 3.05) is 7.11 Å². The first kappa shape index (κ1) is 12.4. The number of nitriles is 1. The molecule has 0 fully saturated rings. The maximum atomic E-state index is 13.6. The molecule has 16 heavy (non-hydrogen) atoms. The van der Waals surface area contributed by atoms with E-state index in [0.717, 1.165) is 5.56 Å². The van der Waals surface area contributed by atoms with Crippen LogP contribution in [-0.4, -0.2) is 7.11 Å². The second-order valence-electron chi connectivity index (χ2n) is 3.43. The van der Waals surface area contributed by atoms with Crippen LogP contribution in [0.1, 0.15) is 24.5 Å². The average Bonchev–Trinajstić information content (AvgIpc) is 2.28. The Morgan fingerprint density at radius 2 is 2.12 bits per heavy atom. The van der Waals surface area contributed by atoms with Gasteiger partial charge in [0.1, 0.15) is 12.2 Å². The molecule has 0 aliphatic heterocycles. The molecule has 0 heterocycles. The first-order valence-corrected chi connectivity index (χ1v) is 4.97. The van der Waals surface area contributed by atoms with Crippen LogP contribution in [0.2, 0.25) is 0 Å². The maximum absolute atomic E-state index is 13.6. The molecule has 1 aromatic rings. The molecule has 0 atom stereocenters. The van der Waals surface area contributed by atoms with Gasteiger partial charge in [-0.1, -0.05) is 13.0 Å². The summed E-state index contributed by atoms with van der Waals surface area (Å²) in [6.45, 7) is 1.88. The fourth-order valence-corrected chi connectivity index (χ4v) is 1.46. The van der Waals surface area contributed by atoms with Crippen molar-refractivity contribution >= 4 is 0 Å². The molecule has 0 N–H and O–H groups in total. The molecule has 0 saturated carbocycles. The van der Waals surface area contributed by atoms with Crippen LogP contribution in [0.4, 0.5) is 8.78 Å². The summed E-state index contributed by atoms with van der Waals surface area (Å²) in [6, 6.07) is 6.14. The fourth-order valence-electron chi connectivity index (χ4n) is 1.46. The number of benzene rings is 1. The van der Waals surface area contributed by atoms with Crippen molar-refractivity contribution in [3.8, 4) is 11.8 Å². The Bertz CT molecular complexity index is 410. The maximum Gasteiger partial charge on any atom is 0.289 e. The van der Waals surface area contributed by atoms with Crippen LogP contribution >= 0.6 is 0 Å². The van der Waals surface area contributed by atoms with E-state index in [-0.39, 0.29) is 11.3 Å². The van der Waals surface area contributed by atoms with Crippen molar-refractivity contribution in [1.29, 1.82) is 5.26 Å². The molecule has 2 nitrogen and oxygen atoms in total. The molecule has 86 valence electrons. The molecule has 0 saturated heterocycles. The Morgan fingerprint density at radius 3 is 2.62 bits per heavy atom. The SMILES string of the molecule is CCc1ccc(OC)c(C(F)(F)CC#N)c1. The number of halogens is 2. The van der Waals surface area contributed by atoms with Crippen LogP contribution < -0.4 is 4.74 Å². The van der Waals surface area contributed by atoms with Crippen molar-refractivity contribution in [3.63, 3.8) is 0 Å². The third-order valence-corrected chi connectivity index (χ3v) is 2.37. The summed E-state index contributed by atoms with van der Waals surface area (Å²) >= 11 is 0. The van der Waals surface area contributed by atoms with E-state index in [1.807, 2.05) is 6.92 Å². The van der Waals surface area contributed by atoms with Gasteiger partial charge < -0.3 is 4.74 Å². The minimum atomic E-state index is -3.16. The van der Waals surface area contributed by atoms with Crippen LogP contribution in [0.3, 0.4) is 0 Å². The van der Waals surface area contributed by atoms with Gasteiger partial charge in [-0.3, -0.25) is 0 Å². The molecule has 0 radical (unpaired) electrons. The summed E-state index contributed by atoms with van der Waals surface area (Å²) in [7, 11) is 1.34. The monoisotopic (exact) mass is 225 g/mol. The number of hydrogen-bond acceptors (Lipinski definition) is 2. The standard InChI is InChI=1S/C12H13F2NO/c1-3-9-4-5-11(16-2)10(8-9)12(13,14)6-7-15/h4-5,8H,3,6H2,1-2H3. The Labute approximate surface area is 93.5 Å². The van der Waals surface area contributed by atoms with Crippen LogP contribution in [0.25, 0.3) is 0 Å². The highest BCUT2D eigenvalue weighted by Gasteiger charge is 2.34. The smallest absolute Gasteiger partial charge is 0.289 e. The molecule has 0 amide bonds. The highest BCUT2D eigenvalue weighted by molar-refractivity contribution is 5.40. The van der Waals surface area contributed by atoms with E-state index < -0.39 is 12.3 Å². The number of ether oxygens (including phenoxy) is 1. The summed E-state index contributed by atoms with van der Waals surface area (Å²) in [5, 5.41) is 8.38. The van der Waals surface area contributed by atoms with E-state index in [1.165, 1.54) is 25.3 Å².